The monoisotopic (exact) mass is 489 g/mol. The summed E-state index contributed by atoms with van der Waals surface area (Å²) in [5.41, 5.74) is 2.21. The van der Waals surface area contributed by atoms with E-state index in [0.29, 0.717) is 18.7 Å². The molecule has 1 aromatic heterocycles. The molecular weight excluding hydrogens is 461 g/mol. The van der Waals surface area contributed by atoms with Crippen LogP contribution >= 0.6 is 11.3 Å². The zero-order valence-corrected chi connectivity index (χ0v) is 20.5. The van der Waals surface area contributed by atoms with Gasteiger partial charge in [-0.2, -0.15) is 4.31 Å². The molecule has 1 amide bonds. The Morgan fingerprint density at radius 1 is 1.09 bits per heavy atom. The van der Waals surface area contributed by atoms with Gasteiger partial charge in [0.1, 0.15) is 5.82 Å². The summed E-state index contributed by atoms with van der Waals surface area (Å²) >= 11 is 1.52. The molecule has 6 nitrogen and oxygen atoms in total. The number of carbonyl (C=O) groups excluding carboxylic acids is 1. The van der Waals surface area contributed by atoms with E-state index in [0.717, 1.165) is 28.3 Å². The lowest BCUT2D eigenvalue weighted by Crippen LogP contribution is -2.32. The Morgan fingerprint density at radius 2 is 1.82 bits per heavy atom. The quantitative estimate of drug-likeness (QED) is 0.447. The number of nitrogens with one attached hydrogen (secondary N) is 1. The Kier molecular flexibility index (Phi) is 8.23. The first-order valence-electron chi connectivity index (χ1n) is 10.6. The molecule has 0 radical (unpaired) electrons. The van der Waals surface area contributed by atoms with Gasteiger partial charge in [0.15, 0.2) is 0 Å². The van der Waals surface area contributed by atoms with Crippen molar-refractivity contribution in [2.24, 2.45) is 0 Å². The van der Waals surface area contributed by atoms with Gasteiger partial charge in [-0.25, -0.2) is 12.8 Å². The van der Waals surface area contributed by atoms with Crippen LogP contribution in [0.1, 0.15) is 23.8 Å². The number of carbonyl (C=O) groups is 1. The fraction of sp³-hybridized carbons (Fsp3) is 0.292. The summed E-state index contributed by atoms with van der Waals surface area (Å²) in [6.07, 6.45) is 0.901. The minimum Gasteiger partial charge on any atom is -0.377 e. The molecule has 0 fully saturated rings. The predicted molar refractivity (Wildman–Crippen MR) is 132 cm³/mol. The molecule has 0 aliphatic carbocycles. The SMILES string of the molecule is CCCN(Cc1cc(NC(=O)Cc2cccs2)ccc1N(C)C)S(=O)(=O)c1ccc(F)cc1. The maximum Gasteiger partial charge on any atom is 0.243 e. The summed E-state index contributed by atoms with van der Waals surface area (Å²) in [6, 6.07) is 14.1. The molecule has 0 spiro atoms. The Balaban J connectivity index is 1.88. The molecule has 0 saturated carbocycles. The van der Waals surface area contributed by atoms with E-state index in [1.807, 2.05) is 61.6 Å². The van der Waals surface area contributed by atoms with Crippen LogP contribution in [0.5, 0.6) is 0 Å². The van der Waals surface area contributed by atoms with Crippen molar-refractivity contribution in [3.05, 3.63) is 76.2 Å². The smallest absolute Gasteiger partial charge is 0.243 e. The highest BCUT2D eigenvalue weighted by Crippen LogP contribution is 2.27. The molecular formula is C24H28FN3O3S2. The first kappa shape index (κ1) is 24.9. The molecule has 1 N–H and O–H groups in total. The lowest BCUT2D eigenvalue weighted by Gasteiger charge is -2.25. The fourth-order valence-electron chi connectivity index (χ4n) is 3.48. The molecule has 33 heavy (non-hydrogen) atoms. The van der Waals surface area contributed by atoms with Crippen LogP contribution in [0, 0.1) is 5.82 Å². The lowest BCUT2D eigenvalue weighted by molar-refractivity contribution is -0.115. The van der Waals surface area contributed by atoms with Gasteiger partial charge in [0.25, 0.3) is 0 Å². The highest BCUT2D eigenvalue weighted by Gasteiger charge is 2.25. The van der Waals surface area contributed by atoms with Gasteiger partial charge < -0.3 is 10.2 Å². The van der Waals surface area contributed by atoms with Crippen molar-refractivity contribution in [1.29, 1.82) is 0 Å². The van der Waals surface area contributed by atoms with Crippen molar-refractivity contribution in [3.8, 4) is 0 Å². The number of anilines is 2. The van der Waals surface area contributed by atoms with E-state index in [-0.39, 0.29) is 23.8 Å². The Hall–Kier alpha value is -2.75. The molecule has 3 aromatic rings. The summed E-state index contributed by atoms with van der Waals surface area (Å²) in [7, 11) is -0.0657. The number of nitrogens with zero attached hydrogens (tertiary/aromatic N) is 2. The van der Waals surface area contributed by atoms with E-state index in [2.05, 4.69) is 5.32 Å². The molecule has 2 aromatic carbocycles. The number of hydrogen-bond donors (Lipinski definition) is 1. The minimum atomic E-state index is -3.83. The van der Waals surface area contributed by atoms with Crippen molar-refractivity contribution in [2.75, 3.05) is 30.9 Å². The van der Waals surface area contributed by atoms with Gasteiger partial charge in [-0.15, -0.1) is 11.3 Å². The second-order valence-corrected chi connectivity index (χ2v) is 10.8. The van der Waals surface area contributed by atoms with Crippen LogP contribution in [0.2, 0.25) is 0 Å². The molecule has 1 heterocycles. The third kappa shape index (κ3) is 6.40. The molecule has 176 valence electrons. The number of benzene rings is 2. The standard InChI is InChI=1S/C24H28FN3O3S2/c1-4-13-28(33(30,31)22-10-7-19(25)8-11-22)17-18-15-20(9-12-23(18)27(2)3)26-24(29)16-21-6-5-14-32-21/h5-12,14-15H,4,13,16-17H2,1-3H3,(H,26,29). The number of amides is 1. The molecule has 0 saturated heterocycles. The highest BCUT2D eigenvalue weighted by molar-refractivity contribution is 7.89. The van der Waals surface area contributed by atoms with Crippen LogP contribution in [0.15, 0.2) is 64.9 Å². The van der Waals surface area contributed by atoms with Gasteiger partial charge in [-0.05, 0) is 65.9 Å². The summed E-state index contributed by atoms with van der Waals surface area (Å²) in [5.74, 6) is -0.623. The topological polar surface area (TPSA) is 69.7 Å². The number of hydrogen-bond acceptors (Lipinski definition) is 5. The molecule has 0 atom stereocenters. The number of rotatable bonds is 10. The number of thiophene rings is 1. The summed E-state index contributed by atoms with van der Waals surface area (Å²) in [6.45, 7) is 2.33. The highest BCUT2D eigenvalue weighted by atomic mass is 32.2. The van der Waals surface area contributed by atoms with Crippen molar-refractivity contribution >= 4 is 38.6 Å². The third-order valence-electron chi connectivity index (χ3n) is 5.03. The number of halogens is 1. The van der Waals surface area contributed by atoms with Crippen molar-refractivity contribution < 1.29 is 17.6 Å². The van der Waals surface area contributed by atoms with Gasteiger partial charge in [-0.1, -0.05) is 13.0 Å². The summed E-state index contributed by atoms with van der Waals surface area (Å²) in [4.78, 5) is 15.4. The van der Waals surface area contributed by atoms with Crippen LogP contribution in [0.25, 0.3) is 0 Å². The van der Waals surface area contributed by atoms with Crippen molar-refractivity contribution in [3.63, 3.8) is 0 Å². The zero-order valence-electron chi connectivity index (χ0n) is 18.9. The maximum atomic E-state index is 13.3. The Morgan fingerprint density at radius 3 is 2.42 bits per heavy atom. The predicted octanol–water partition coefficient (Wildman–Crippen LogP) is 4.74. The minimum absolute atomic E-state index is 0.0455. The molecule has 9 heteroatoms. The van der Waals surface area contributed by atoms with Gasteiger partial charge in [-0.3, -0.25) is 4.79 Å². The van der Waals surface area contributed by atoms with Gasteiger partial charge in [0, 0.05) is 43.4 Å². The first-order chi connectivity index (χ1) is 15.7. The largest absolute Gasteiger partial charge is 0.377 e. The van der Waals surface area contributed by atoms with Gasteiger partial charge in [0.2, 0.25) is 15.9 Å². The summed E-state index contributed by atoms with van der Waals surface area (Å²) < 4.78 is 41.3. The third-order valence-corrected chi connectivity index (χ3v) is 7.77. The normalized spacial score (nSPS) is 11.5. The van der Waals surface area contributed by atoms with Crippen LogP contribution in [0.4, 0.5) is 15.8 Å². The Bertz CT molecular complexity index is 1180. The van der Waals surface area contributed by atoms with E-state index < -0.39 is 15.8 Å². The second-order valence-electron chi connectivity index (χ2n) is 7.83. The second kappa shape index (κ2) is 10.9. The number of sulfonamides is 1. The molecule has 0 aliphatic heterocycles. The van der Waals surface area contributed by atoms with E-state index in [1.165, 1.54) is 27.8 Å². The van der Waals surface area contributed by atoms with Crippen LogP contribution < -0.4 is 10.2 Å². The van der Waals surface area contributed by atoms with E-state index in [1.54, 1.807) is 0 Å². The molecule has 0 unspecified atom stereocenters. The zero-order chi connectivity index (χ0) is 24.0. The average Bonchev–Trinajstić information content (AvgIpc) is 3.26. The van der Waals surface area contributed by atoms with Crippen molar-refractivity contribution in [2.45, 2.75) is 31.2 Å². The molecule has 3 rings (SSSR count). The van der Waals surface area contributed by atoms with Crippen LogP contribution in [-0.2, 0) is 27.8 Å². The average molecular weight is 490 g/mol. The molecule has 0 aliphatic rings. The first-order valence-corrected chi connectivity index (χ1v) is 12.9. The fourth-order valence-corrected chi connectivity index (χ4v) is 5.70. The van der Waals surface area contributed by atoms with Gasteiger partial charge >= 0.3 is 0 Å². The van der Waals surface area contributed by atoms with Gasteiger partial charge in [0.05, 0.1) is 11.3 Å². The molecule has 0 bridgehead atoms. The van der Waals surface area contributed by atoms with Crippen LogP contribution in [0.3, 0.4) is 0 Å². The summed E-state index contributed by atoms with van der Waals surface area (Å²) in [5, 5.41) is 4.84. The maximum absolute atomic E-state index is 13.3. The Labute approximate surface area is 198 Å². The van der Waals surface area contributed by atoms with E-state index >= 15 is 0 Å². The van der Waals surface area contributed by atoms with E-state index in [9.17, 15) is 17.6 Å². The van der Waals surface area contributed by atoms with Crippen molar-refractivity contribution in [1.82, 2.24) is 4.31 Å². The van der Waals surface area contributed by atoms with Crippen LogP contribution in [-0.4, -0.2) is 39.3 Å². The van der Waals surface area contributed by atoms with E-state index in [4.69, 9.17) is 0 Å². The lowest BCUT2D eigenvalue weighted by atomic mass is 10.1.